The molecule has 1 aromatic rings. The summed E-state index contributed by atoms with van der Waals surface area (Å²) in [6.45, 7) is 6.15. The van der Waals surface area contributed by atoms with E-state index in [1.54, 1.807) is 4.68 Å². The number of carboxylic acids is 1. The summed E-state index contributed by atoms with van der Waals surface area (Å²) in [5.74, 6) is -0.996. The van der Waals surface area contributed by atoms with Gasteiger partial charge in [-0.3, -0.25) is 9.48 Å². The summed E-state index contributed by atoms with van der Waals surface area (Å²) < 4.78 is 1.68. The standard InChI is InChI=1S/C11H18N2O3/c1-4-10-7(2)12-13(8(10)3)6-9(14)5-11(15)16/h9,14H,4-6H2,1-3H3,(H,15,16). The van der Waals surface area contributed by atoms with Gasteiger partial charge in [0.05, 0.1) is 24.8 Å². The molecular formula is C11H18N2O3. The van der Waals surface area contributed by atoms with Crippen LogP contribution in [0.4, 0.5) is 0 Å². The largest absolute Gasteiger partial charge is 0.481 e. The van der Waals surface area contributed by atoms with Gasteiger partial charge in [-0.1, -0.05) is 6.92 Å². The minimum atomic E-state index is -0.996. The summed E-state index contributed by atoms with van der Waals surface area (Å²) in [6.07, 6.45) is -0.243. The predicted octanol–water partition coefficient (Wildman–Crippen LogP) is 0.898. The lowest BCUT2D eigenvalue weighted by atomic mass is 10.1. The lowest BCUT2D eigenvalue weighted by Crippen LogP contribution is -2.21. The van der Waals surface area contributed by atoms with Crippen LogP contribution in [0.25, 0.3) is 0 Å². The van der Waals surface area contributed by atoms with Crippen molar-refractivity contribution in [2.24, 2.45) is 0 Å². The number of aryl methyl sites for hydroxylation is 1. The van der Waals surface area contributed by atoms with Crippen molar-refractivity contribution in [3.05, 3.63) is 17.0 Å². The number of hydrogen-bond donors (Lipinski definition) is 2. The van der Waals surface area contributed by atoms with Gasteiger partial charge in [0.15, 0.2) is 0 Å². The molecule has 0 aliphatic rings. The molecule has 0 aromatic carbocycles. The van der Waals surface area contributed by atoms with Gasteiger partial charge in [0, 0.05) is 5.69 Å². The van der Waals surface area contributed by atoms with Gasteiger partial charge in [0.25, 0.3) is 0 Å². The van der Waals surface area contributed by atoms with E-state index in [4.69, 9.17) is 5.11 Å². The lowest BCUT2D eigenvalue weighted by molar-refractivity contribution is -0.139. The first-order valence-electron chi connectivity index (χ1n) is 5.38. The molecule has 0 aliphatic carbocycles. The maximum absolute atomic E-state index is 10.4. The van der Waals surface area contributed by atoms with Crippen molar-refractivity contribution in [2.45, 2.75) is 46.3 Å². The highest BCUT2D eigenvalue weighted by Gasteiger charge is 2.15. The quantitative estimate of drug-likeness (QED) is 0.782. The zero-order chi connectivity index (χ0) is 12.3. The lowest BCUT2D eigenvalue weighted by Gasteiger charge is -2.09. The topological polar surface area (TPSA) is 75.3 Å². The third-order valence-electron chi connectivity index (χ3n) is 2.68. The Labute approximate surface area is 94.7 Å². The van der Waals surface area contributed by atoms with Crippen LogP contribution in [-0.4, -0.2) is 32.1 Å². The fourth-order valence-corrected chi connectivity index (χ4v) is 1.89. The van der Waals surface area contributed by atoms with Crippen LogP contribution in [0, 0.1) is 13.8 Å². The number of rotatable bonds is 5. The zero-order valence-electron chi connectivity index (χ0n) is 9.90. The van der Waals surface area contributed by atoms with Crippen LogP contribution < -0.4 is 0 Å². The van der Waals surface area contributed by atoms with Gasteiger partial charge < -0.3 is 10.2 Å². The van der Waals surface area contributed by atoms with E-state index in [1.165, 1.54) is 5.56 Å². The Bertz CT molecular complexity index is 385. The van der Waals surface area contributed by atoms with Crippen LogP contribution in [0.2, 0.25) is 0 Å². The molecular weight excluding hydrogens is 208 g/mol. The molecule has 90 valence electrons. The van der Waals surface area contributed by atoms with Crippen LogP contribution in [0.15, 0.2) is 0 Å². The first kappa shape index (κ1) is 12.7. The Kier molecular flexibility index (Phi) is 4.06. The fourth-order valence-electron chi connectivity index (χ4n) is 1.89. The number of nitrogens with zero attached hydrogens (tertiary/aromatic N) is 2. The summed E-state index contributed by atoms with van der Waals surface area (Å²) in [5.41, 5.74) is 3.12. The Hall–Kier alpha value is -1.36. The monoisotopic (exact) mass is 226 g/mol. The van der Waals surface area contributed by atoms with Gasteiger partial charge in [-0.15, -0.1) is 0 Å². The SMILES string of the molecule is CCc1c(C)nn(CC(O)CC(=O)O)c1C. The number of carbonyl (C=O) groups is 1. The molecule has 0 radical (unpaired) electrons. The van der Waals surface area contributed by atoms with Crippen LogP contribution >= 0.6 is 0 Å². The molecule has 1 atom stereocenters. The number of carboxylic acid groups (broad SMARTS) is 1. The normalized spacial score (nSPS) is 12.8. The van der Waals surface area contributed by atoms with E-state index in [0.717, 1.165) is 17.8 Å². The maximum Gasteiger partial charge on any atom is 0.306 e. The first-order valence-corrected chi connectivity index (χ1v) is 5.38. The van der Waals surface area contributed by atoms with E-state index in [9.17, 15) is 9.90 Å². The number of aromatic nitrogens is 2. The number of hydrogen-bond acceptors (Lipinski definition) is 3. The third kappa shape index (κ3) is 2.82. The van der Waals surface area contributed by atoms with Crippen LogP contribution in [0.5, 0.6) is 0 Å². The van der Waals surface area contributed by atoms with Gasteiger partial charge in [0.2, 0.25) is 0 Å². The van der Waals surface area contributed by atoms with E-state index in [0.29, 0.717) is 0 Å². The summed E-state index contributed by atoms with van der Waals surface area (Å²) in [4.78, 5) is 10.4. The Morgan fingerprint density at radius 1 is 1.50 bits per heavy atom. The van der Waals surface area contributed by atoms with Gasteiger partial charge in [-0.05, 0) is 25.8 Å². The summed E-state index contributed by atoms with van der Waals surface area (Å²) in [5, 5.41) is 22.4. The highest BCUT2D eigenvalue weighted by Crippen LogP contribution is 2.14. The minimum absolute atomic E-state index is 0.235. The second-order valence-corrected chi connectivity index (χ2v) is 3.94. The summed E-state index contributed by atoms with van der Waals surface area (Å²) in [7, 11) is 0. The molecule has 1 aromatic heterocycles. The van der Waals surface area contributed by atoms with E-state index in [-0.39, 0.29) is 13.0 Å². The number of aliphatic hydroxyl groups is 1. The van der Waals surface area contributed by atoms with E-state index in [1.807, 2.05) is 13.8 Å². The van der Waals surface area contributed by atoms with Crippen LogP contribution in [0.1, 0.15) is 30.3 Å². The Morgan fingerprint density at radius 3 is 2.56 bits per heavy atom. The molecule has 1 unspecified atom stereocenters. The maximum atomic E-state index is 10.4. The van der Waals surface area contributed by atoms with Crippen molar-refractivity contribution in [3.8, 4) is 0 Å². The molecule has 0 aliphatic heterocycles. The van der Waals surface area contributed by atoms with Crippen molar-refractivity contribution in [1.29, 1.82) is 0 Å². The van der Waals surface area contributed by atoms with Gasteiger partial charge in [-0.25, -0.2) is 0 Å². The van der Waals surface area contributed by atoms with E-state index >= 15 is 0 Å². The van der Waals surface area contributed by atoms with Crippen molar-refractivity contribution < 1.29 is 15.0 Å². The number of aliphatic carboxylic acids is 1. The molecule has 5 nitrogen and oxygen atoms in total. The van der Waals surface area contributed by atoms with Crippen molar-refractivity contribution >= 4 is 5.97 Å². The molecule has 16 heavy (non-hydrogen) atoms. The highest BCUT2D eigenvalue weighted by molar-refractivity contribution is 5.67. The highest BCUT2D eigenvalue weighted by atomic mass is 16.4. The van der Waals surface area contributed by atoms with Crippen molar-refractivity contribution in [3.63, 3.8) is 0 Å². The summed E-state index contributed by atoms with van der Waals surface area (Å²) in [6, 6.07) is 0. The smallest absolute Gasteiger partial charge is 0.306 e. The van der Waals surface area contributed by atoms with Crippen molar-refractivity contribution in [2.75, 3.05) is 0 Å². The average Bonchev–Trinajstić information content (AvgIpc) is 2.40. The molecule has 2 N–H and O–H groups in total. The minimum Gasteiger partial charge on any atom is -0.481 e. The van der Waals surface area contributed by atoms with Crippen LogP contribution in [0.3, 0.4) is 0 Å². The second-order valence-electron chi connectivity index (χ2n) is 3.94. The molecule has 0 saturated carbocycles. The molecule has 0 spiro atoms. The Morgan fingerprint density at radius 2 is 2.12 bits per heavy atom. The average molecular weight is 226 g/mol. The van der Waals surface area contributed by atoms with Gasteiger partial charge in [0.1, 0.15) is 0 Å². The molecule has 1 heterocycles. The Balaban J connectivity index is 2.78. The van der Waals surface area contributed by atoms with Crippen LogP contribution in [-0.2, 0) is 17.8 Å². The van der Waals surface area contributed by atoms with Gasteiger partial charge >= 0.3 is 5.97 Å². The molecule has 0 bridgehead atoms. The fraction of sp³-hybridized carbons (Fsp3) is 0.636. The van der Waals surface area contributed by atoms with E-state index < -0.39 is 12.1 Å². The molecule has 5 heteroatoms. The number of aliphatic hydroxyl groups excluding tert-OH is 1. The molecule has 0 fully saturated rings. The zero-order valence-corrected chi connectivity index (χ0v) is 9.90. The molecule has 0 amide bonds. The first-order chi connectivity index (χ1) is 7.45. The van der Waals surface area contributed by atoms with E-state index in [2.05, 4.69) is 12.0 Å². The summed E-state index contributed by atoms with van der Waals surface area (Å²) >= 11 is 0. The van der Waals surface area contributed by atoms with Crippen molar-refractivity contribution in [1.82, 2.24) is 9.78 Å². The second kappa shape index (κ2) is 5.12. The predicted molar refractivity (Wildman–Crippen MR) is 59.3 cm³/mol. The third-order valence-corrected chi connectivity index (χ3v) is 2.68. The molecule has 0 saturated heterocycles. The molecule has 1 rings (SSSR count). The van der Waals surface area contributed by atoms with Gasteiger partial charge in [-0.2, -0.15) is 5.10 Å².